The molecule has 7 heteroatoms. The largest absolute Gasteiger partial charge is 0.393 e. The van der Waals surface area contributed by atoms with Crippen molar-refractivity contribution in [3.05, 3.63) is 0 Å². The minimum atomic E-state index is -2.17. The Hall–Kier alpha value is -1.02. The molecule has 0 aromatic carbocycles. The van der Waals surface area contributed by atoms with Gasteiger partial charge in [-0.05, 0) is 18.8 Å². The topological polar surface area (TPSA) is 124 Å². The van der Waals surface area contributed by atoms with E-state index in [1.807, 2.05) is 13.8 Å². The second-order valence-corrected chi connectivity index (χ2v) is 4.53. The summed E-state index contributed by atoms with van der Waals surface area (Å²) in [7, 11) is 0. The first kappa shape index (κ1) is 17.0. The highest BCUT2D eigenvalue weighted by Crippen LogP contribution is 2.18. The van der Waals surface area contributed by atoms with Gasteiger partial charge in [-0.15, -0.1) is 0 Å². The van der Waals surface area contributed by atoms with E-state index in [0.29, 0.717) is 6.42 Å². The highest BCUT2D eigenvalue weighted by atomic mass is 16.6. The monoisotopic (exact) mass is 264 g/mol. The first-order valence-corrected chi connectivity index (χ1v) is 5.65. The molecule has 4 N–H and O–H groups in total. The number of hydrogen-bond acceptors (Lipinski definition) is 7. The summed E-state index contributed by atoms with van der Waals surface area (Å²) in [5.74, 6) is -2.50. The van der Waals surface area contributed by atoms with Crippen LogP contribution in [0, 0.1) is 5.92 Å². The first-order chi connectivity index (χ1) is 8.26. The van der Waals surface area contributed by atoms with Crippen molar-refractivity contribution < 1.29 is 34.8 Å². The Kier molecular flexibility index (Phi) is 7.00. The molecule has 0 bridgehead atoms. The van der Waals surface area contributed by atoms with Crippen LogP contribution in [0.1, 0.15) is 26.7 Å². The fraction of sp³-hybridized carbons (Fsp3) is 0.818. The van der Waals surface area contributed by atoms with Crippen molar-refractivity contribution >= 4 is 11.9 Å². The summed E-state index contributed by atoms with van der Waals surface area (Å²) in [6, 6.07) is 0. The van der Waals surface area contributed by atoms with Crippen LogP contribution in [0.4, 0.5) is 0 Å². The normalized spacial score (nSPS) is 16.2. The summed E-state index contributed by atoms with van der Waals surface area (Å²) < 4.78 is 4.19. The van der Waals surface area contributed by atoms with Gasteiger partial charge in [-0.3, -0.25) is 0 Å². The molecule has 0 aliphatic carbocycles. The SMILES string of the molecule is CC(C)CCC(O)(CO)C(=O)OC(=O)C(O)CO. The Morgan fingerprint density at radius 2 is 1.83 bits per heavy atom. The Morgan fingerprint density at radius 3 is 2.22 bits per heavy atom. The molecule has 0 saturated carbocycles. The molecule has 0 aromatic rings. The molecule has 0 aromatic heterocycles. The molecule has 7 nitrogen and oxygen atoms in total. The molecule has 0 amide bonds. The van der Waals surface area contributed by atoms with E-state index in [1.54, 1.807) is 0 Å². The number of esters is 2. The van der Waals surface area contributed by atoms with Crippen LogP contribution in [0.25, 0.3) is 0 Å². The lowest BCUT2D eigenvalue weighted by Gasteiger charge is -2.24. The zero-order chi connectivity index (χ0) is 14.3. The third-order valence-electron chi connectivity index (χ3n) is 2.42. The van der Waals surface area contributed by atoms with Crippen LogP contribution in [0.5, 0.6) is 0 Å². The molecule has 0 saturated heterocycles. The quantitative estimate of drug-likeness (QED) is 0.328. The van der Waals surface area contributed by atoms with Crippen LogP contribution in [0.15, 0.2) is 0 Å². The van der Waals surface area contributed by atoms with Crippen LogP contribution >= 0.6 is 0 Å². The number of rotatable bonds is 7. The van der Waals surface area contributed by atoms with E-state index in [9.17, 15) is 14.7 Å². The second kappa shape index (κ2) is 7.42. The number of ether oxygens (including phenoxy) is 1. The van der Waals surface area contributed by atoms with Crippen LogP contribution in [-0.2, 0) is 14.3 Å². The maximum Gasteiger partial charge on any atom is 0.348 e. The minimum Gasteiger partial charge on any atom is -0.393 e. The lowest BCUT2D eigenvalue weighted by atomic mass is 9.94. The molecule has 2 unspecified atom stereocenters. The third kappa shape index (κ3) is 5.09. The minimum absolute atomic E-state index is 0.0670. The van der Waals surface area contributed by atoms with E-state index in [2.05, 4.69) is 4.74 Å². The zero-order valence-electron chi connectivity index (χ0n) is 10.5. The molecule has 0 radical (unpaired) electrons. The molecule has 0 aliphatic heterocycles. The van der Waals surface area contributed by atoms with Crippen molar-refractivity contribution in [1.82, 2.24) is 0 Å². The van der Waals surface area contributed by atoms with Crippen LogP contribution < -0.4 is 0 Å². The standard InChI is InChI=1S/C11H20O7/c1-7(2)3-4-11(17,6-13)10(16)18-9(15)8(14)5-12/h7-8,12-14,17H,3-6H2,1-2H3. The number of carbonyl (C=O) groups excluding carboxylic acids is 2. The van der Waals surface area contributed by atoms with Crippen molar-refractivity contribution in [3.8, 4) is 0 Å². The fourth-order valence-electron chi connectivity index (χ4n) is 1.10. The first-order valence-electron chi connectivity index (χ1n) is 5.65. The van der Waals surface area contributed by atoms with Gasteiger partial charge in [-0.25, -0.2) is 9.59 Å². The van der Waals surface area contributed by atoms with E-state index < -0.39 is 36.9 Å². The zero-order valence-corrected chi connectivity index (χ0v) is 10.5. The van der Waals surface area contributed by atoms with Gasteiger partial charge in [0.2, 0.25) is 0 Å². The molecule has 0 rings (SSSR count). The summed E-state index contributed by atoms with van der Waals surface area (Å²) in [5, 5.41) is 36.2. The van der Waals surface area contributed by atoms with Gasteiger partial charge in [0.15, 0.2) is 11.7 Å². The molecule has 0 spiro atoms. The van der Waals surface area contributed by atoms with Crippen molar-refractivity contribution in [2.75, 3.05) is 13.2 Å². The van der Waals surface area contributed by atoms with Crippen molar-refractivity contribution in [2.24, 2.45) is 5.92 Å². The van der Waals surface area contributed by atoms with Gasteiger partial charge in [0, 0.05) is 0 Å². The fourth-order valence-corrected chi connectivity index (χ4v) is 1.10. The molecule has 106 valence electrons. The van der Waals surface area contributed by atoms with Gasteiger partial charge in [0.25, 0.3) is 0 Å². The van der Waals surface area contributed by atoms with E-state index in [-0.39, 0.29) is 12.3 Å². The van der Waals surface area contributed by atoms with Gasteiger partial charge in [0.05, 0.1) is 13.2 Å². The molecule has 0 aliphatic rings. The lowest BCUT2D eigenvalue weighted by Crippen LogP contribution is -2.46. The van der Waals surface area contributed by atoms with Crippen LogP contribution in [0.2, 0.25) is 0 Å². The Labute approximate surface area is 105 Å². The van der Waals surface area contributed by atoms with E-state index in [4.69, 9.17) is 15.3 Å². The summed E-state index contributed by atoms with van der Waals surface area (Å²) in [6.07, 6.45) is -1.47. The maximum atomic E-state index is 11.5. The second-order valence-electron chi connectivity index (χ2n) is 4.53. The van der Waals surface area contributed by atoms with Crippen molar-refractivity contribution in [3.63, 3.8) is 0 Å². The van der Waals surface area contributed by atoms with Gasteiger partial charge >= 0.3 is 11.9 Å². The van der Waals surface area contributed by atoms with E-state index in [1.165, 1.54) is 0 Å². The predicted octanol–water partition coefficient (Wildman–Crippen LogP) is -1.43. The average Bonchev–Trinajstić information content (AvgIpc) is 2.34. The van der Waals surface area contributed by atoms with Crippen LogP contribution in [-0.4, -0.2) is 57.3 Å². The lowest BCUT2D eigenvalue weighted by molar-refractivity contribution is -0.183. The predicted molar refractivity (Wildman–Crippen MR) is 60.3 cm³/mol. The number of carbonyl (C=O) groups is 2. The van der Waals surface area contributed by atoms with E-state index in [0.717, 1.165) is 0 Å². The highest BCUT2D eigenvalue weighted by Gasteiger charge is 2.39. The average molecular weight is 264 g/mol. The molecule has 2 atom stereocenters. The summed E-state index contributed by atoms with van der Waals surface area (Å²) >= 11 is 0. The molecular weight excluding hydrogens is 244 g/mol. The number of hydrogen-bond donors (Lipinski definition) is 4. The maximum absolute atomic E-state index is 11.5. The van der Waals surface area contributed by atoms with E-state index >= 15 is 0 Å². The Morgan fingerprint density at radius 1 is 1.28 bits per heavy atom. The highest BCUT2D eigenvalue weighted by molar-refractivity contribution is 5.92. The summed E-state index contributed by atoms with van der Waals surface area (Å²) in [4.78, 5) is 22.5. The van der Waals surface area contributed by atoms with Gasteiger partial charge in [-0.1, -0.05) is 13.8 Å². The van der Waals surface area contributed by atoms with Gasteiger partial charge in [-0.2, -0.15) is 0 Å². The third-order valence-corrected chi connectivity index (χ3v) is 2.42. The molecule has 0 heterocycles. The smallest absolute Gasteiger partial charge is 0.348 e. The Bertz CT molecular complexity index is 289. The van der Waals surface area contributed by atoms with Gasteiger partial charge < -0.3 is 25.2 Å². The summed E-state index contributed by atoms with van der Waals surface area (Å²) in [5.41, 5.74) is -2.17. The van der Waals surface area contributed by atoms with Crippen molar-refractivity contribution in [1.29, 1.82) is 0 Å². The van der Waals surface area contributed by atoms with Crippen molar-refractivity contribution in [2.45, 2.75) is 38.4 Å². The summed E-state index contributed by atoms with van der Waals surface area (Å²) in [6.45, 7) is 1.95. The molecule has 18 heavy (non-hydrogen) atoms. The molecule has 0 fully saturated rings. The number of aliphatic hydroxyl groups is 4. The number of aliphatic hydroxyl groups excluding tert-OH is 3. The molecular formula is C11H20O7. The van der Waals surface area contributed by atoms with Gasteiger partial charge in [0.1, 0.15) is 0 Å². The van der Waals surface area contributed by atoms with Crippen LogP contribution in [0.3, 0.4) is 0 Å². The Balaban J connectivity index is 4.55.